The second-order valence-electron chi connectivity index (χ2n) is 4.44. The number of carbonyl (C=O) groups excluding carboxylic acids is 1. The Hall–Kier alpha value is -0.810. The van der Waals surface area contributed by atoms with E-state index in [1.54, 1.807) is 6.07 Å². The Morgan fingerprint density at radius 3 is 3.00 bits per heavy atom. The molecule has 1 fully saturated rings. The molecular formula is C12H16BrNO3. The van der Waals surface area contributed by atoms with E-state index in [9.17, 15) is 4.79 Å². The molecule has 0 bridgehead atoms. The summed E-state index contributed by atoms with van der Waals surface area (Å²) in [6.07, 6.45) is 2.58. The molecule has 0 unspecified atom stereocenters. The van der Waals surface area contributed by atoms with E-state index >= 15 is 0 Å². The van der Waals surface area contributed by atoms with Gasteiger partial charge < -0.3 is 14.0 Å². The van der Waals surface area contributed by atoms with Crippen molar-refractivity contribution in [3.8, 4) is 0 Å². The molecule has 0 amide bonds. The van der Waals surface area contributed by atoms with Gasteiger partial charge in [-0.3, -0.25) is 0 Å². The minimum absolute atomic E-state index is 0.100. The van der Waals surface area contributed by atoms with Gasteiger partial charge >= 0.3 is 5.97 Å². The lowest BCUT2D eigenvalue weighted by Gasteiger charge is -2.14. The summed E-state index contributed by atoms with van der Waals surface area (Å²) in [5.41, 5.74) is 0.582. The first-order valence-electron chi connectivity index (χ1n) is 5.74. The molecule has 1 aliphatic rings. The van der Waals surface area contributed by atoms with E-state index in [1.165, 1.54) is 0 Å². The number of esters is 1. The Morgan fingerprint density at radius 1 is 1.65 bits per heavy atom. The fraction of sp³-hybridized carbons (Fsp3) is 0.583. The van der Waals surface area contributed by atoms with Gasteiger partial charge in [0.05, 0.1) is 13.2 Å². The van der Waals surface area contributed by atoms with Gasteiger partial charge in [0.2, 0.25) is 0 Å². The van der Waals surface area contributed by atoms with E-state index in [-0.39, 0.29) is 18.1 Å². The highest BCUT2D eigenvalue weighted by Crippen LogP contribution is 2.21. The van der Waals surface area contributed by atoms with Crippen LogP contribution in [0.4, 0.5) is 0 Å². The summed E-state index contributed by atoms with van der Waals surface area (Å²) in [7, 11) is 0. The molecule has 17 heavy (non-hydrogen) atoms. The molecule has 0 saturated carbocycles. The van der Waals surface area contributed by atoms with Gasteiger partial charge in [0.1, 0.15) is 11.8 Å². The fourth-order valence-electron chi connectivity index (χ4n) is 1.85. The summed E-state index contributed by atoms with van der Waals surface area (Å²) in [4.78, 5) is 12.0. The maximum absolute atomic E-state index is 12.0. The average molecular weight is 302 g/mol. The van der Waals surface area contributed by atoms with Crippen molar-refractivity contribution < 1.29 is 14.3 Å². The second kappa shape index (κ2) is 5.23. The van der Waals surface area contributed by atoms with Crippen LogP contribution >= 0.6 is 15.9 Å². The predicted octanol–water partition coefficient (Wildman–Crippen LogP) is 2.78. The maximum atomic E-state index is 12.0. The van der Waals surface area contributed by atoms with Crippen LogP contribution in [0.5, 0.6) is 0 Å². The number of ether oxygens (including phenoxy) is 2. The first-order valence-corrected chi connectivity index (χ1v) is 6.53. The first-order chi connectivity index (χ1) is 8.08. The predicted molar refractivity (Wildman–Crippen MR) is 67.2 cm³/mol. The molecule has 1 saturated heterocycles. The van der Waals surface area contributed by atoms with Crippen molar-refractivity contribution in [3.05, 3.63) is 22.4 Å². The topological polar surface area (TPSA) is 40.5 Å². The third-order valence-electron chi connectivity index (χ3n) is 2.74. The van der Waals surface area contributed by atoms with Crippen molar-refractivity contribution in [2.45, 2.75) is 32.4 Å². The van der Waals surface area contributed by atoms with Gasteiger partial charge in [-0.15, -0.1) is 0 Å². The van der Waals surface area contributed by atoms with E-state index in [0.29, 0.717) is 18.9 Å². The van der Waals surface area contributed by atoms with Crippen LogP contribution in [-0.4, -0.2) is 29.9 Å². The monoisotopic (exact) mass is 301 g/mol. The number of rotatable bonds is 3. The van der Waals surface area contributed by atoms with Crippen LogP contribution in [0.15, 0.2) is 16.7 Å². The molecular weight excluding hydrogens is 286 g/mol. The second-order valence-corrected chi connectivity index (χ2v) is 5.35. The number of aromatic nitrogens is 1. The maximum Gasteiger partial charge on any atom is 0.355 e. The van der Waals surface area contributed by atoms with Crippen molar-refractivity contribution in [2.24, 2.45) is 0 Å². The molecule has 2 heterocycles. The number of hydrogen-bond acceptors (Lipinski definition) is 3. The smallest absolute Gasteiger partial charge is 0.355 e. The lowest BCUT2D eigenvalue weighted by atomic mass is 10.3. The SMILES string of the molecule is CC(C)n1cc(Br)cc1C(=O)O[C@@H]1CCOC1. The molecule has 4 nitrogen and oxygen atoms in total. The van der Waals surface area contributed by atoms with E-state index in [1.807, 2.05) is 24.6 Å². The molecule has 1 aromatic heterocycles. The van der Waals surface area contributed by atoms with Crippen molar-refractivity contribution in [1.29, 1.82) is 0 Å². The molecule has 94 valence electrons. The van der Waals surface area contributed by atoms with Gasteiger partial charge in [0.25, 0.3) is 0 Å². The number of carbonyl (C=O) groups is 1. The zero-order chi connectivity index (χ0) is 12.4. The van der Waals surface area contributed by atoms with Crippen LogP contribution < -0.4 is 0 Å². The van der Waals surface area contributed by atoms with Crippen LogP contribution in [-0.2, 0) is 9.47 Å². The number of nitrogens with zero attached hydrogens (tertiary/aromatic N) is 1. The van der Waals surface area contributed by atoms with Crippen molar-refractivity contribution >= 4 is 21.9 Å². The highest BCUT2D eigenvalue weighted by molar-refractivity contribution is 9.10. The van der Waals surface area contributed by atoms with Gasteiger partial charge in [-0.1, -0.05) is 0 Å². The van der Waals surface area contributed by atoms with Crippen LogP contribution in [0.2, 0.25) is 0 Å². The normalized spacial score (nSPS) is 19.9. The highest BCUT2D eigenvalue weighted by Gasteiger charge is 2.23. The molecule has 5 heteroatoms. The summed E-state index contributed by atoms with van der Waals surface area (Å²) in [5, 5.41) is 0. The van der Waals surface area contributed by atoms with E-state index in [0.717, 1.165) is 10.9 Å². The van der Waals surface area contributed by atoms with Gasteiger partial charge in [0, 0.05) is 23.1 Å². The van der Waals surface area contributed by atoms with Crippen LogP contribution in [0.25, 0.3) is 0 Å². The minimum Gasteiger partial charge on any atom is -0.455 e. The van der Waals surface area contributed by atoms with Crippen molar-refractivity contribution in [2.75, 3.05) is 13.2 Å². The molecule has 0 N–H and O–H groups in total. The quantitative estimate of drug-likeness (QED) is 0.806. The number of hydrogen-bond donors (Lipinski definition) is 0. The molecule has 0 spiro atoms. The molecule has 0 aromatic carbocycles. The molecule has 0 radical (unpaired) electrons. The van der Waals surface area contributed by atoms with Crippen molar-refractivity contribution in [1.82, 2.24) is 4.57 Å². The Balaban J connectivity index is 2.12. The number of halogens is 1. The largest absolute Gasteiger partial charge is 0.455 e. The lowest BCUT2D eigenvalue weighted by molar-refractivity contribution is 0.0257. The van der Waals surface area contributed by atoms with Gasteiger partial charge in [-0.25, -0.2) is 4.79 Å². The highest BCUT2D eigenvalue weighted by atomic mass is 79.9. The lowest BCUT2D eigenvalue weighted by Crippen LogP contribution is -2.20. The van der Waals surface area contributed by atoms with Gasteiger partial charge in [-0.2, -0.15) is 0 Å². The average Bonchev–Trinajstić information content (AvgIpc) is 2.86. The Labute approximate surface area is 109 Å². The summed E-state index contributed by atoms with van der Waals surface area (Å²) in [5.74, 6) is -0.278. The van der Waals surface area contributed by atoms with Crippen LogP contribution in [0.1, 0.15) is 36.8 Å². The zero-order valence-corrected chi connectivity index (χ0v) is 11.6. The standard InChI is InChI=1S/C12H16BrNO3/c1-8(2)14-6-9(13)5-11(14)12(15)17-10-3-4-16-7-10/h5-6,8,10H,3-4,7H2,1-2H3/t10-/m1/s1. The molecule has 0 aliphatic carbocycles. The fourth-order valence-corrected chi connectivity index (χ4v) is 2.29. The van der Waals surface area contributed by atoms with E-state index in [2.05, 4.69) is 15.9 Å². The third-order valence-corrected chi connectivity index (χ3v) is 3.18. The molecule has 1 aromatic rings. The summed E-state index contributed by atoms with van der Waals surface area (Å²) in [6, 6.07) is 2.02. The third kappa shape index (κ3) is 2.90. The van der Waals surface area contributed by atoms with Gasteiger partial charge in [0.15, 0.2) is 0 Å². The van der Waals surface area contributed by atoms with Crippen molar-refractivity contribution in [3.63, 3.8) is 0 Å². The minimum atomic E-state index is -0.278. The molecule has 1 aliphatic heterocycles. The summed E-state index contributed by atoms with van der Waals surface area (Å²) >= 11 is 3.38. The van der Waals surface area contributed by atoms with E-state index < -0.39 is 0 Å². The summed E-state index contributed by atoms with van der Waals surface area (Å²) in [6.45, 7) is 5.24. The van der Waals surface area contributed by atoms with Crippen LogP contribution in [0.3, 0.4) is 0 Å². The Kier molecular flexibility index (Phi) is 3.89. The van der Waals surface area contributed by atoms with Gasteiger partial charge in [-0.05, 0) is 35.8 Å². The Morgan fingerprint density at radius 2 is 2.41 bits per heavy atom. The van der Waals surface area contributed by atoms with Crippen LogP contribution in [0, 0.1) is 0 Å². The summed E-state index contributed by atoms with van der Waals surface area (Å²) < 4.78 is 13.4. The Bertz CT molecular complexity index is 408. The first kappa shape index (κ1) is 12.6. The molecule has 1 atom stereocenters. The van der Waals surface area contributed by atoms with E-state index in [4.69, 9.17) is 9.47 Å². The molecule has 2 rings (SSSR count). The zero-order valence-electron chi connectivity index (χ0n) is 9.98.